The normalized spacial score (nSPS) is 11.0. The van der Waals surface area contributed by atoms with E-state index in [2.05, 4.69) is 146 Å². The second kappa shape index (κ2) is 17.1. The Labute approximate surface area is 382 Å². The van der Waals surface area contributed by atoms with Gasteiger partial charge >= 0.3 is 0 Å². The number of fused-ring (bicyclic) bond motifs is 3. The highest BCUT2D eigenvalue weighted by atomic mass is 15.0. The minimum absolute atomic E-state index is 0.544. The van der Waals surface area contributed by atoms with Crippen LogP contribution >= 0.6 is 0 Å². The molecule has 0 N–H and O–H groups in total. The fourth-order valence-electron chi connectivity index (χ4n) is 9.01. The lowest BCUT2D eigenvalue weighted by molar-refractivity contribution is 1.07. The number of nitriles is 2. The summed E-state index contributed by atoms with van der Waals surface area (Å²) < 4.78 is 0. The maximum absolute atomic E-state index is 10.6. The number of hydrogen-bond donors (Lipinski definition) is 0. The largest absolute Gasteiger partial charge is 0.208 e. The minimum atomic E-state index is 0.544. The molecule has 10 aromatic carbocycles. The molecule has 11 rings (SSSR count). The smallest absolute Gasteiger partial charge is 0.164 e. The molecule has 0 saturated heterocycles. The summed E-state index contributed by atoms with van der Waals surface area (Å²) >= 11 is 0. The summed E-state index contributed by atoms with van der Waals surface area (Å²) in [5.74, 6) is 1.65. The van der Waals surface area contributed by atoms with Crippen molar-refractivity contribution in [1.82, 2.24) is 15.0 Å². The third kappa shape index (κ3) is 7.43. The van der Waals surface area contributed by atoms with Crippen LogP contribution in [0, 0.1) is 22.7 Å². The first kappa shape index (κ1) is 39.5. The van der Waals surface area contributed by atoms with Crippen molar-refractivity contribution in [3.63, 3.8) is 0 Å². The average molecular weight is 840 g/mol. The van der Waals surface area contributed by atoms with Gasteiger partial charge in [0.1, 0.15) is 0 Å². The van der Waals surface area contributed by atoms with Gasteiger partial charge in [0, 0.05) is 16.7 Å². The third-order valence-corrected chi connectivity index (χ3v) is 12.2. The monoisotopic (exact) mass is 839 g/mol. The van der Waals surface area contributed by atoms with Crippen LogP contribution in [0.25, 0.3) is 111 Å². The fraction of sp³-hybridized carbons (Fsp3) is 0. The van der Waals surface area contributed by atoms with E-state index in [-0.39, 0.29) is 0 Å². The zero-order valence-corrected chi connectivity index (χ0v) is 35.6. The Balaban J connectivity index is 0.971. The minimum Gasteiger partial charge on any atom is -0.208 e. The fourth-order valence-corrected chi connectivity index (χ4v) is 9.01. The van der Waals surface area contributed by atoms with Crippen LogP contribution in [0.2, 0.25) is 0 Å². The van der Waals surface area contributed by atoms with Gasteiger partial charge in [0.15, 0.2) is 17.5 Å². The Morgan fingerprint density at radius 1 is 0.288 bits per heavy atom. The lowest BCUT2D eigenvalue weighted by Crippen LogP contribution is -2.02. The Morgan fingerprint density at radius 2 is 0.773 bits per heavy atom. The van der Waals surface area contributed by atoms with Crippen molar-refractivity contribution in [2.45, 2.75) is 0 Å². The van der Waals surface area contributed by atoms with E-state index in [0.717, 1.165) is 72.3 Å². The second-order valence-electron chi connectivity index (χ2n) is 16.2. The van der Waals surface area contributed by atoms with E-state index in [0.29, 0.717) is 28.6 Å². The first-order valence-electron chi connectivity index (χ1n) is 21.8. The molecule has 0 bridgehead atoms. The summed E-state index contributed by atoms with van der Waals surface area (Å²) in [5.41, 5.74) is 13.7. The Hall–Kier alpha value is -9.29. The summed E-state index contributed by atoms with van der Waals surface area (Å²) in [6.45, 7) is 0. The third-order valence-electron chi connectivity index (χ3n) is 12.2. The maximum atomic E-state index is 10.6. The molecule has 0 amide bonds. The van der Waals surface area contributed by atoms with E-state index < -0.39 is 0 Å². The molecule has 1 aromatic heterocycles. The lowest BCUT2D eigenvalue weighted by Gasteiger charge is -2.15. The van der Waals surface area contributed by atoms with Gasteiger partial charge in [-0.05, 0) is 108 Å². The van der Waals surface area contributed by atoms with Crippen LogP contribution in [0.5, 0.6) is 0 Å². The Morgan fingerprint density at radius 3 is 1.48 bits per heavy atom. The van der Waals surface area contributed by atoms with E-state index >= 15 is 0 Å². The van der Waals surface area contributed by atoms with Gasteiger partial charge in [-0.1, -0.05) is 194 Å². The standard InChI is InChI=1S/C61H37N5/c62-38-40-27-29-42(30-28-40)52-21-6-8-24-56(52)60-64-59(44-14-2-1-3-15-44)65-61(66-60)57-25-9-7-22-53(57)48-19-10-17-45(35-48)46-33-34-51(50(36-46)39-63)47-18-11-20-49(37-47)55-26-12-16-43-32-31-41-13-4-5-23-54(41)58(43)55/h1-37H. The number of rotatable bonds is 8. The highest BCUT2D eigenvalue weighted by molar-refractivity contribution is 6.14. The van der Waals surface area contributed by atoms with Crippen LogP contribution in [0.3, 0.4) is 0 Å². The lowest BCUT2D eigenvalue weighted by atomic mass is 9.90. The van der Waals surface area contributed by atoms with Crippen LogP contribution in [-0.2, 0) is 0 Å². The van der Waals surface area contributed by atoms with Crippen molar-refractivity contribution < 1.29 is 0 Å². The molecule has 0 unspecified atom stereocenters. The summed E-state index contributed by atoms with van der Waals surface area (Å²) in [5, 5.41) is 24.9. The van der Waals surface area contributed by atoms with E-state index in [9.17, 15) is 10.5 Å². The van der Waals surface area contributed by atoms with Gasteiger partial charge in [-0.2, -0.15) is 10.5 Å². The van der Waals surface area contributed by atoms with E-state index in [1.807, 2.05) is 91.0 Å². The topological polar surface area (TPSA) is 86.2 Å². The van der Waals surface area contributed by atoms with E-state index in [4.69, 9.17) is 15.0 Å². The predicted molar refractivity (Wildman–Crippen MR) is 268 cm³/mol. The molecule has 0 spiro atoms. The second-order valence-corrected chi connectivity index (χ2v) is 16.2. The molecule has 11 aromatic rings. The first-order valence-corrected chi connectivity index (χ1v) is 21.8. The average Bonchev–Trinajstić information content (AvgIpc) is 3.40. The quantitative estimate of drug-likeness (QED) is 0.142. The molecular weight excluding hydrogens is 803 g/mol. The summed E-state index contributed by atoms with van der Waals surface area (Å²) in [4.78, 5) is 15.4. The molecule has 66 heavy (non-hydrogen) atoms. The molecule has 5 nitrogen and oxygen atoms in total. The van der Waals surface area contributed by atoms with E-state index in [1.165, 1.54) is 21.5 Å². The number of benzene rings is 10. The highest BCUT2D eigenvalue weighted by Gasteiger charge is 2.19. The molecule has 0 atom stereocenters. The molecule has 5 heteroatoms. The zero-order valence-electron chi connectivity index (χ0n) is 35.6. The molecule has 0 saturated carbocycles. The SMILES string of the molecule is N#Cc1ccc(-c2ccccc2-c2nc(-c3ccccc3)nc(-c3ccccc3-c3cccc(-c4ccc(-c5cccc(-c6cccc7ccc8ccccc8c67)c5)c(C#N)c4)c3)n2)cc1. The van der Waals surface area contributed by atoms with Crippen molar-refractivity contribution in [3.05, 3.63) is 236 Å². The maximum Gasteiger partial charge on any atom is 0.164 e. The van der Waals surface area contributed by atoms with Crippen LogP contribution in [0.15, 0.2) is 224 Å². The number of nitrogens with zero attached hydrogens (tertiary/aromatic N) is 5. The highest BCUT2D eigenvalue weighted by Crippen LogP contribution is 2.39. The molecule has 0 fully saturated rings. The molecule has 0 aliphatic heterocycles. The molecule has 306 valence electrons. The molecule has 1 heterocycles. The summed E-state index contributed by atoms with van der Waals surface area (Å²) in [6, 6.07) is 81.0. The van der Waals surface area contributed by atoms with Crippen molar-refractivity contribution >= 4 is 21.5 Å². The number of aromatic nitrogens is 3. The van der Waals surface area contributed by atoms with Crippen LogP contribution in [-0.4, -0.2) is 15.0 Å². The first-order chi connectivity index (χ1) is 32.6. The van der Waals surface area contributed by atoms with Crippen molar-refractivity contribution in [2.24, 2.45) is 0 Å². The van der Waals surface area contributed by atoms with Gasteiger partial charge in [-0.3, -0.25) is 0 Å². The Kier molecular flexibility index (Phi) is 10.3. The zero-order chi connectivity index (χ0) is 44.4. The van der Waals surface area contributed by atoms with Crippen molar-refractivity contribution in [2.75, 3.05) is 0 Å². The van der Waals surface area contributed by atoms with Gasteiger partial charge in [0.25, 0.3) is 0 Å². The summed E-state index contributed by atoms with van der Waals surface area (Å²) in [6.07, 6.45) is 0. The van der Waals surface area contributed by atoms with Gasteiger partial charge in [-0.15, -0.1) is 0 Å². The van der Waals surface area contributed by atoms with Crippen molar-refractivity contribution in [3.8, 4) is 102 Å². The predicted octanol–water partition coefficient (Wildman–Crippen LogP) is 15.3. The van der Waals surface area contributed by atoms with Crippen molar-refractivity contribution in [1.29, 1.82) is 10.5 Å². The van der Waals surface area contributed by atoms with Gasteiger partial charge < -0.3 is 0 Å². The van der Waals surface area contributed by atoms with Gasteiger partial charge in [0.2, 0.25) is 0 Å². The van der Waals surface area contributed by atoms with Crippen LogP contribution < -0.4 is 0 Å². The molecule has 0 radical (unpaired) electrons. The van der Waals surface area contributed by atoms with Crippen LogP contribution in [0.1, 0.15) is 11.1 Å². The molecule has 0 aliphatic carbocycles. The van der Waals surface area contributed by atoms with Gasteiger partial charge in [-0.25, -0.2) is 15.0 Å². The summed E-state index contributed by atoms with van der Waals surface area (Å²) in [7, 11) is 0. The van der Waals surface area contributed by atoms with Crippen LogP contribution in [0.4, 0.5) is 0 Å². The van der Waals surface area contributed by atoms with Gasteiger partial charge in [0.05, 0.1) is 23.3 Å². The Bertz CT molecular complexity index is 3730. The number of hydrogen-bond acceptors (Lipinski definition) is 5. The molecular formula is C61H37N5. The van der Waals surface area contributed by atoms with E-state index in [1.54, 1.807) is 0 Å². The molecule has 0 aliphatic rings.